The molecule has 2 amide bonds. The van der Waals surface area contributed by atoms with Crippen LogP contribution < -0.4 is 5.32 Å². The molecular weight excluding hydrogens is 458 g/mol. The number of nitrogens with one attached hydrogen (secondary N) is 1. The van der Waals surface area contributed by atoms with Crippen LogP contribution in [0.3, 0.4) is 0 Å². The Morgan fingerprint density at radius 1 is 1.09 bits per heavy atom. The maximum Gasteiger partial charge on any atom is 0.337 e. The number of methoxy groups -OCH3 is 2. The Bertz CT molecular complexity index is 993. The van der Waals surface area contributed by atoms with Gasteiger partial charge in [-0.2, -0.15) is 5.26 Å². The smallest absolute Gasteiger partial charge is 0.337 e. The minimum Gasteiger partial charge on any atom is -0.468 e. The number of carbonyl (C=O) groups is 4. The lowest BCUT2D eigenvalue weighted by molar-refractivity contribution is -0.150. The molecule has 0 radical (unpaired) electrons. The van der Waals surface area contributed by atoms with Gasteiger partial charge in [0.25, 0.3) is 0 Å². The summed E-state index contributed by atoms with van der Waals surface area (Å²) in [6.45, 7) is 5.24. The average Bonchev–Trinajstić information content (AvgIpc) is 2.85. The molecule has 1 heterocycles. The largest absolute Gasteiger partial charge is 0.468 e. The van der Waals surface area contributed by atoms with Crippen LogP contribution in [0.1, 0.15) is 48.5 Å². The van der Waals surface area contributed by atoms with Gasteiger partial charge in [-0.25, -0.2) is 4.79 Å². The zero-order valence-corrected chi connectivity index (χ0v) is 20.6. The molecule has 1 aromatic carbocycles. The van der Waals surface area contributed by atoms with Gasteiger partial charge in [0.15, 0.2) is 0 Å². The second-order valence-corrected chi connectivity index (χ2v) is 8.59. The Kier molecular flexibility index (Phi) is 10.1. The van der Waals surface area contributed by atoms with E-state index in [9.17, 15) is 24.4 Å². The summed E-state index contributed by atoms with van der Waals surface area (Å²) in [5.41, 5.74) is 0.921. The standard InChI is InChI=1S/C24H29N3O6S/c1-5-11-27(12-6-2)18(28)14-34-22-17(13-25)19(20(21(29)26-22)24(31)33-4)15-7-9-16(10-8-15)23(30)32-3/h7-10,19-20H,5-6,11-12,14H2,1-4H3,(H,26,29)/t19-,20-/m0/s1. The van der Waals surface area contributed by atoms with Gasteiger partial charge in [-0.1, -0.05) is 37.7 Å². The first-order valence-electron chi connectivity index (χ1n) is 10.9. The lowest BCUT2D eigenvalue weighted by atomic mass is 9.78. The van der Waals surface area contributed by atoms with Crippen LogP contribution in [0.25, 0.3) is 0 Å². The molecule has 2 atom stereocenters. The lowest BCUT2D eigenvalue weighted by Crippen LogP contribution is -2.44. The highest BCUT2D eigenvalue weighted by atomic mass is 32.2. The third-order valence-corrected chi connectivity index (χ3v) is 6.36. The molecular formula is C24H29N3O6S. The number of nitrogens with zero attached hydrogens (tertiary/aromatic N) is 2. The predicted molar refractivity (Wildman–Crippen MR) is 126 cm³/mol. The van der Waals surface area contributed by atoms with Crippen molar-refractivity contribution in [2.75, 3.05) is 33.1 Å². The van der Waals surface area contributed by atoms with Crippen LogP contribution in [0.2, 0.25) is 0 Å². The third-order valence-electron chi connectivity index (χ3n) is 5.35. The quantitative estimate of drug-likeness (QED) is 0.394. The van der Waals surface area contributed by atoms with Crippen molar-refractivity contribution in [1.82, 2.24) is 10.2 Å². The van der Waals surface area contributed by atoms with E-state index in [4.69, 9.17) is 9.47 Å². The molecule has 0 unspecified atom stereocenters. The number of thioether (sulfide) groups is 1. The molecule has 10 heteroatoms. The van der Waals surface area contributed by atoms with Gasteiger partial charge in [0, 0.05) is 19.0 Å². The summed E-state index contributed by atoms with van der Waals surface area (Å²) in [6.07, 6.45) is 1.65. The predicted octanol–water partition coefficient (Wildman–Crippen LogP) is 2.59. The fourth-order valence-corrected chi connectivity index (χ4v) is 4.70. The van der Waals surface area contributed by atoms with E-state index in [-0.39, 0.29) is 27.8 Å². The van der Waals surface area contributed by atoms with Gasteiger partial charge >= 0.3 is 11.9 Å². The van der Waals surface area contributed by atoms with Gasteiger partial charge in [0.1, 0.15) is 5.92 Å². The number of hydrogen-bond donors (Lipinski definition) is 1. The van der Waals surface area contributed by atoms with Crippen LogP contribution in [0.5, 0.6) is 0 Å². The van der Waals surface area contributed by atoms with Crippen molar-refractivity contribution in [3.05, 3.63) is 46.0 Å². The van der Waals surface area contributed by atoms with E-state index in [2.05, 4.69) is 11.4 Å². The molecule has 1 aliphatic rings. The first kappa shape index (κ1) is 26.9. The van der Waals surface area contributed by atoms with Crippen molar-refractivity contribution in [2.24, 2.45) is 5.92 Å². The van der Waals surface area contributed by atoms with Gasteiger partial charge in [-0.3, -0.25) is 14.4 Å². The maximum absolute atomic E-state index is 12.9. The highest BCUT2D eigenvalue weighted by Crippen LogP contribution is 2.40. The zero-order chi connectivity index (χ0) is 25.3. The molecule has 1 aliphatic heterocycles. The molecule has 0 aromatic heterocycles. The Labute approximate surface area is 203 Å². The van der Waals surface area contributed by atoms with Gasteiger partial charge in [0.05, 0.1) is 42.2 Å². The number of carbonyl (C=O) groups excluding carboxylic acids is 4. The fourth-order valence-electron chi connectivity index (χ4n) is 3.75. The summed E-state index contributed by atoms with van der Waals surface area (Å²) in [5, 5.41) is 12.8. The van der Waals surface area contributed by atoms with Crippen molar-refractivity contribution in [3.63, 3.8) is 0 Å². The van der Waals surface area contributed by atoms with E-state index in [0.29, 0.717) is 18.7 Å². The molecule has 182 valence electrons. The first-order chi connectivity index (χ1) is 16.3. The summed E-state index contributed by atoms with van der Waals surface area (Å²) in [4.78, 5) is 51.7. The average molecular weight is 488 g/mol. The highest BCUT2D eigenvalue weighted by molar-refractivity contribution is 8.03. The number of ether oxygens (including phenoxy) is 2. The minimum absolute atomic E-state index is 0.0394. The maximum atomic E-state index is 12.9. The van der Waals surface area contributed by atoms with Crippen molar-refractivity contribution in [1.29, 1.82) is 5.26 Å². The Morgan fingerprint density at radius 2 is 1.71 bits per heavy atom. The highest BCUT2D eigenvalue weighted by Gasteiger charge is 2.44. The molecule has 34 heavy (non-hydrogen) atoms. The number of amides is 2. The molecule has 0 bridgehead atoms. The molecule has 2 rings (SSSR count). The summed E-state index contributed by atoms with van der Waals surface area (Å²) in [7, 11) is 2.43. The fraction of sp³-hybridized carbons (Fsp3) is 0.458. The Balaban J connectivity index is 2.44. The number of esters is 2. The number of hydrogen-bond acceptors (Lipinski definition) is 8. The van der Waals surface area contributed by atoms with Crippen molar-refractivity contribution >= 4 is 35.5 Å². The lowest BCUT2D eigenvalue weighted by Gasteiger charge is -2.31. The van der Waals surface area contributed by atoms with Gasteiger partial charge in [-0.05, 0) is 30.5 Å². The third kappa shape index (κ3) is 6.17. The minimum atomic E-state index is -1.29. The zero-order valence-electron chi connectivity index (χ0n) is 19.8. The van der Waals surface area contributed by atoms with Crippen LogP contribution in [-0.2, 0) is 23.9 Å². The Hall–Kier alpha value is -3.32. The summed E-state index contributed by atoms with van der Waals surface area (Å²) in [6, 6.07) is 8.24. The van der Waals surface area contributed by atoms with Gasteiger partial charge in [-0.15, -0.1) is 0 Å². The number of nitriles is 1. The molecule has 0 fully saturated rings. The molecule has 0 aliphatic carbocycles. The molecule has 0 saturated carbocycles. The van der Waals surface area contributed by atoms with E-state index < -0.39 is 29.7 Å². The normalized spacial score (nSPS) is 17.4. The summed E-state index contributed by atoms with van der Waals surface area (Å²) >= 11 is 1.06. The number of rotatable bonds is 10. The van der Waals surface area contributed by atoms with Gasteiger partial charge in [0.2, 0.25) is 11.8 Å². The number of allylic oxidation sites excluding steroid dienone is 1. The molecule has 9 nitrogen and oxygen atoms in total. The topological polar surface area (TPSA) is 126 Å². The van der Waals surface area contributed by atoms with Crippen LogP contribution in [0.15, 0.2) is 34.9 Å². The SMILES string of the molecule is CCCN(CCC)C(=O)CSC1=C(C#N)[C@H](c2ccc(C(=O)OC)cc2)[C@H](C(=O)OC)C(=O)N1. The molecule has 1 N–H and O–H groups in total. The monoisotopic (exact) mass is 487 g/mol. The molecule has 0 saturated heterocycles. The molecule has 1 aromatic rings. The number of benzene rings is 1. The van der Waals surface area contributed by atoms with Crippen LogP contribution in [0.4, 0.5) is 0 Å². The van der Waals surface area contributed by atoms with Crippen LogP contribution in [0, 0.1) is 17.2 Å². The summed E-state index contributed by atoms with van der Waals surface area (Å²) < 4.78 is 9.53. The van der Waals surface area contributed by atoms with E-state index in [1.54, 1.807) is 17.0 Å². The van der Waals surface area contributed by atoms with Gasteiger partial charge < -0.3 is 19.7 Å². The molecule has 0 spiro atoms. The second-order valence-electron chi connectivity index (χ2n) is 7.61. The van der Waals surface area contributed by atoms with Crippen LogP contribution in [-0.4, -0.2) is 61.7 Å². The van der Waals surface area contributed by atoms with Crippen molar-refractivity contribution in [2.45, 2.75) is 32.6 Å². The van der Waals surface area contributed by atoms with E-state index in [1.807, 2.05) is 13.8 Å². The van der Waals surface area contributed by atoms with Crippen molar-refractivity contribution < 1.29 is 28.7 Å². The summed E-state index contributed by atoms with van der Waals surface area (Å²) in [5.74, 6) is -4.23. The van der Waals surface area contributed by atoms with E-state index in [1.165, 1.54) is 26.4 Å². The van der Waals surface area contributed by atoms with Crippen molar-refractivity contribution in [3.8, 4) is 6.07 Å². The second kappa shape index (κ2) is 12.8. The van der Waals surface area contributed by atoms with E-state index >= 15 is 0 Å². The first-order valence-corrected chi connectivity index (χ1v) is 11.9. The van der Waals surface area contributed by atoms with Crippen LogP contribution >= 0.6 is 11.8 Å². The van der Waals surface area contributed by atoms with E-state index in [0.717, 1.165) is 24.6 Å². The Morgan fingerprint density at radius 3 is 2.21 bits per heavy atom.